The Balaban J connectivity index is 3.25. The molecule has 1 aromatic heterocycles. The molecule has 0 aliphatic heterocycles. The molecule has 1 aromatic rings. The van der Waals surface area contributed by atoms with Gasteiger partial charge >= 0.3 is 12.1 Å². The van der Waals surface area contributed by atoms with Crippen LogP contribution in [0.1, 0.15) is 98.2 Å². The number of esters is 1. The first-order valence-corrected chi connectivity index (χ1v) is 13.1. The Labute approximate surface area is 225 Å². The number of rotatable bonds is 13. The van der Waals surface area contributed by atoms with Crippen molar-refractivity contribution in [3.63, 3.8) is 0 Å². The van der Waals surface area contributed by atoms with Crippen molar-refractivity contribution in [2.24, 2.45) is 16.5 Å². The molecule has 0 aromatic carbocycles. The largest absolute Gasteiger partial charge is 0.460 e. The van der Waals surface area contributed by atoms with Crippen molar-refractivity contribution < 1.29 is 32.3 Å². The van der Waals surface area contributed by atoms with E-state index in [0.717, 1.165) is 12.8 Å². The predicted octanol–water partition coefficient (Wildman–Crippen LogP) is 6.64. The topological polar surface area (TPSA) is 74.9 Å². The van der Waals surface area contributed by atoms with Crippen LogP contribution >= 0.6 is 0 Å². The molecular formula is C28H44F3N3O4. The Kier molecular flexibility index (Phi) is 13.4. The van der Waals surface area contributed by atoms with Crippen LogP contribution in [0.15, 0.2) is 11.4 Å². The number of aryl methyl sites for hydroxylation is 1. The van der Waals surface area contributed by atoms with E-state index in [2.05, 4.69) is 29.0 Å². The second kappa shape index (κ2) is 15.2. The highest BCUT2D eigenvalue weighted by molar-refractivity contribution is 6.03. The molecule has 0 radical (unpaired) electrons. The van der Waals surface area contributed by atoms with Gasteiger partial charge < -0.3 is 14.3 Å². The maximum atomic E-state index is 13.7. The van der Waals surface area contributed by atoms with Gasteiger partial charge in [-0.25, -0.2) is 0 Å². The van der Waals surface area contributed by atoms with Crippen LogP contribution in [0.5, 0.6) is 0 Å². The number of alkyl halides is 3. The molecule has 7 nitrogen and oxygen atoms in total. The molecule has 0 aliphatic carbocycles. The number of nitrogens with zero attached hydrogens (tertiary/aromatic N) is 3. The van der Waals surface area contributed by atoms with Crippen LogP contribution < -0.4 is 0 Å². The van der Waals surface area contributed by atoms with E-state index in [1.807, 2.05) is 20.8 Å². The van der Waals surface area contributed by atoms with Crippen LogP contribution in [0.25, 0.3) is 0 Å². The van der Waals surface area contributed by atoms with E-state index in [4.69, 9.17) is 14.3 Å². The van der Waals surface area contributed by atoms with Crippen LogP contribution in [-0.4, -0.2) is 47.4 Å². The zero-order chi connectivity index (χ0) is 29.0. The van der Waals surface area contributed by atoms with Crippen molar-refractivity contribution in [2.45, 2.75) is 105 Å². The number of aromatic nitrogens is 2. The second-order valence-electron chi connectivity index (χ2n) is 11.5. The Morgan fingerprint density at radius 2 is 1.79 bits per heavy atom. The summed E-state index contributed by atoms with van der Waals surface area (Å²) in [4.78, 5) is 17.6. The van der Waals surface area contributed by atoms with Gasteiger partial charge in [0, 0.05) is 31.9 Å². The summed E-state index contributed by atoms with van der Waals surface area (Å²) in [7, 11) is 1.33. The summed E-state index contributed by atoms with van der Waals surface area (Å²) < 4.78 is 53.5. The Morgan fingerprint density at radius 1 is 1.13 bits per heavy atom. The molecule has 38 heavy (non-hydrogen) atoms. The second-order valence-corrected chi connectivity index (χ2v) is 11.5. The fourth-order valence-electron chi connectivity index (χ4n) is 3.42. The number of ether oxygens (including phenoxy) is 2. The first-order valence-electron chi connectivity index (χ1n) is 13.1. The van der Waals surface area contributed by atoms with E-state index in [9.17, 15) is 18.0 Å². The lowest BCUT2D eigenvalue weighted by molar-refractivity contribution is -0.155. The number of hydrogen-bond acceptors (Lipinski definition) is 6. The summed E-state index contributed by atoms with van der Waals surface area (Å²) in [5.74, 6) is 4.36. The van der Waals surface area contributed by atoms with Gasteiger partial charge in [-0.1, -0.05) is 45.2 Å². The lowest BCUT2D eigenvalue weighted by atomic mass is 9.92. The minimum absolute atomic E-state index is 0.0416. The minimum atomic E-state index is -4.67. The summed E-state index contributed by atoms with van der Waals surface area (Å²) in [5, 5.41) is 7.73. The molecule has 0 N–H and O–H groups in total. The molecule has 0 amide bonds. The van der Waals surface area contributed by atoms with E-state index in [0.29, 0.717) is 39.0 Å². The van der Waals surface area contributed by atoms with Crippen LogP contribution in [-0.2, 0) is 31.8 Å². The van der Waals surface area contributed by atoms with Gasteiger partial charge in [0.2, 0.25) is 0 Å². The summed E-state index contributed by atoms with van der Waals surface area (Å²) in [6, 6.07) is 0. The number of hydrogen-bond donors (Lipinski definition) is 0. The first kappa shape index (κ1) is 33.5. The highest BCUT2D eigenvalue weighted by Gasteiger charge is 2.37. The van der Waals surface area contributed by atoms with Gasteiger partial charge in [0.05, 0.1) is 12.0 Å². The number of carbonyl (C=O) groups excluding carboxylic acids is 1. The quantitative estimate of drug-likeness (QED) is 0.0917. The molecular weight excluding hydrogens is 499 g/mol. The Hall–Kier alpha value is -2.54. The number of halogens is 3. The van der Waals surface area contributed by atoms with E-state index in [1.165, 1.54) is 18.0 Å². The van der Waals surface area contributed by atoms with Gasteiger partial charge in [0.15, 0.2) is 5.69 Å². The predicted molar refractivity (Wildman–Crippen MR) is 142 cm³/mol. The van der Waals surface area contributed by atoms with Crippen LogP contribution in [0.2, 0.25) is 0 Å². The van der Waals surface area contributed by atoms with Crippen molar-refractivity contribution in [2.75, 3.05) is 20.3 Å². The zero-order valence-corrected chi connectivity index (χ0v) is 24.1. The van der Waals surface area contributed by atoms with Crippen molar-refractivity contribution in [3.8, 4) is 11.8 Å². The SMILES string of the molecule is CCCCOCCC[C@@H](CC(=O)OC(C)(C)C)/C(C#Cc1cn(CCC(C)(C)C)nc1C(F)(F)F)=N/OC. The molecule has 1 heterocycles. The van der Waals surface area contributed by atoms with E-state index in [1.54, 1.807) is 20.8 Å². The molecule has 0 unspecified atom stereocenters. The van der Waals surface area contributed by atoms with Crippen molar-refractivity contribution in [1.29, 1.82) is 0 Å². The molecule has 1 rings (SSSR count). The van der Waals surface area contributed by atoms with Gasteiger partial charge in [-0.3, -0.25) is 9.48 Å². The normalized spacial score (nSPS) is 13.6. The fourth-order valence-corrected chi connectivity index (χ4v) is 3.42. The third-order valence-corrected chi connectivity index (χ3v) is 5.34. The molecule has 10 heteroatoms. The molecule has 0 fully saturated rings. The van der Waals surface area contributed by atoms with Crippen molar-refractivity contribution in [3.05, 3.63) is 17.5 Å². The van der Waals surface area contributed by atoms with E-state index in [-0.39, 0.29) is 23.1 Å². The average molecular weight is 544 g/mol. The van der Waals surface area contributed by atoms with Gasteiger partial charge in [0.25, 0.3) is 0 Å². The summed E-state index contributed by atoms with van der Waals surface area (Å²) in [5.41, 5.74) is -1.89. The third-order valence-electron chi connectivity index (χ3n) is 5.34. The standard InChI is InChI=1S/C28H44F3N3O4/c1-9-10-17-37-18-11-12-21(19-24(35)38-27(5,6)7)23(33-36-8)14-13-22-20-34(16-15-26(2,3)4)32-25(22)28(29,30)31/h20-21H,9-12,15-19H2,1-8H3/b33-23+/t21-/m0/s1. The van der Waals surface area contributed by atoms with Crippen molar-refractivity contribution >= 4 is 11.7 Å². The molecule has 0 bridgehead atoms. The smallest absolute Gasteiger partial charge is 0.436 e. The molecule has 0 saturated heterocycles. The summed E-state index contributed by atoms with van der Waals surface area (Å²) >= 11 is 0. The fraction of sp³-hybridized carbons (Fsp3) is 0.750. The first-order chi connectivity index (χ1) is 17.6. The molecule has 0 spiro atoms. The molecule has 216 valence electrons. The Morgan fingerprint density at radius 3 is 2.34 bits per heavy atom. The number of unbranched alkanes of at least 4 members (excludes halogenated alkanes) is 1. The van der Waals surface area contributed by atoms with Crippen LogP contribution in [0, 0.1) is 23.2 Å². The maximum absolute atomic E-state index is 13.7. The van der Waals surface area contributed by atoms with Crippen molar-refractivity contribution in [1.82, 2.24) is 9.78 Å². The van der Waals surface area contributed by atoms with Gasteiger partial charge in [-0.15, -0.1) is 0 Å². The van der Waals surface area contributed by atoms with Gasteiger partial charge in [0.1, 0.15) is 18.4 Å². The number of oxime groups is 1. The Bertz CT molecular complexity index is 961. The molecule has 1 atom stereocenters. The van der Waals surface area contributed by atoms with E-state index >= 15 is 0 Å². The van der Waals surface area contributed by atoms with Gasteiger partial charge in [-0.2, -0.15) is 18.3 Å². The molecule has 0 saturated carbocycles. The maximum Gasteiger partial charge on any atom is 0.436 e. The highest BCUT2D eigenvalue weighted by atomic mass is 19.4. The molecule has 0 aliphatic rings. The van der Waals surface area contributed by atoms with Crippen LogP contribution in [0.3, 0.4) is 0 Å². The van der Waals surface area contributed by atoms with E-state index < -0.39 is 29.4 Å². The third kappa shape index (κ3) is 13.8. The zero-order valence-electron chi connectivity index (χ0n) is 24.1. The number of carbonyl (C=O) groups is 1. The summed E-state index contributed by atoms with van der Waals surface area (Å²) in [6.07, 6.45) is 0.299. The lowest BCUT2D eigenvalue weighted by Gasteiger charge is -2.22. The monoisotopic (exact) mass is 543 g/mol. The minimum Gasteiger partial charge on any atom is -0.460 e. The van der Waals surface area contributed by atoms with Gasteiger partial charge in [-0.05, 0) is 57.8 Å². The average Bonchev–Trinajstić information content (AvgIpc) is 3.19. The van der Waals surface area contributed by atoms with Crippen LogP contribution in [0.4, 0.5) is 13.2 Å². The summed E-state index contributed by atoms with van der Waals surface area (Å²) in [6.45, 7) is 14.9. The highest BCUT2D eigenvalue weighted by Crippen LogP contribution is 2.31. The lowest BCUT2D eigenvalue weighted by Crippen LogP contribution is -2.27.